The smallest absolute Gasteiger partial charge is 0.140 e. The molecular weight excluding hydrogens is 288 g/mol. The van der Waals surface area contributed by atoms with Crippen LogP contribution >= 0.6 is 27.3 Å². The van der Waals surface area contributed by atoms with Crippen LogP contribution < -0.4 is 5.32 Å². The van der Waals surface area contributed by atoms with Crippen molar-refractivity contribution >= 4 is 27.3 Å². The van der Waals surface area contributed by atoms with Gasteiger partial charge in [0.05, 0.1) is 10.3 Å². The van der Waals surface area contributed by atoms with Crippen LogP contribution in [0.2, 0.25) is 0 Å². The van der Waals surface area contributed by atoms with Gasteiger partial charge in [0.2, 0.25) is 0 Å². The Morgan fingerprint density at radius 3 is 3.00 bits per heavy atom. The molecule has 0 bridgehead atoms. The van der Waals surface area contributed by atoms with Gasteiger partial charge in [0.15, 0.2) is 0 Å². The summed E-state index contributed by atoms with van der Waals surface area (Å²) in [5, 5.41) is 7.48. The van der Waals surface area contributed by atoms with Crippen LogP contribution in [0.25, 0.3) is 0 Å². The Morgan fingerprint density at radius 1 is 1.44 bits per heavy atom. The van der Waals surface area contributed by atoms with Crippen molar-refractivity contribution in [3.8, 4) is 0 Å². The first kappa shape index (κ1) is 11.8. The van der Waals surface area contributed by atoms with Crippen LogP contribution in [-0.4, -0.2) is 14.8 Å². The summed E-state index contributed by atoms with van der Waals surface area (Å²) < 4.78 is 3.07. The highest BCUT2D eigenvalue weighted by Crippen LogP contribution is 2.21. The zero-order valence-corrected chi connectivity index (χ0v) is 11.4. The van der Waals surface area contributed by atoms with Gasteiger partial charge in [0.1, 0.15) is 12.2 Å². The van der Waals surface area contributed by atoms with E-state index in [0.29, 0.717) is 0 Å². The molecule has 6 heteroatoms. The van der Waals surface area contributed by atoms with Gasteiger partial charge in [-0.3, -0.25) is 0 Å². The number of aromatic nitrogens is 3. The number of halogens is 1. The van der Waals surface area contributed by atoms with E-state index in [4.69, 9.17) is 0 Å². The number of thiophene rings is 1. The fourth-order valence-electron chi connectivity index (χ4n) is 1.43. The van der Waals surface area contributed by atoms with Gasteiger partial charge in [-0.05, 0) is 35.0 Å². The van der Waals surface area contributed by atoms with Crippen molar-refractivity contribution in [2.75, 3.05) is 0 Å². The summed E-state index contributed by atoms with van der Waals surface area (Å²) in [4.78, 5) is 5.52. The van der Waals surface area contributed by atoms with Crippen molar-refractivity contribution in [2.24, 2.45) is 0 Å². The molecule has 0 aliphatic carbocycles. The van der Waals surface area contributed by atoms with Gasteiger partial charge in [-0.15, -0.1) is 11.3 Å². The van der Waals surface area contributed by atoms with Gasteiger partial charge in [0.25, 0.3) is 0 Å². The number of rotatable bonds is 5. The molecule has 0 spiro atoms. The third-order valence-corrected chi connectivity index (χ3v) is 3.83. The first-order chi connectivity index (χ1) is 7.79. The van der Waals surface area contributed by atoms with Gasteiger partial charge in [-0.25, -0.2) is 9.67 Å². The third kappa shape index (κ3) is 2.90. The molecule has 16 heavy (non-hydrogen) atoms. The first-order valence-corrected chi connectivity index (χ1v) is 6.72. The van der Waals surface area contributed by atoms with Crippen LogP contribution in [-0.2, 0) is 19.6 Å². The quantitative estimate of drug-likeness (QED) is 0.922. The summed E-state index contributed by atoms with van der Waals surface area (Å²) in [6.45, 7) is 4.55. The molecule has 0 aliphatic heterocycles. The van der Waals surface area contributed by atoms with Gasteiger partial charge in [0, 0.05) is 18.0 Å². The number of aryl methyl sites for hydroxylation is 1. The van der Waals surface area contributed by atoms with Crippen LogP contribution in [0.15, 0.2) is 22.2 Å². The molecule has 0 aliphatic rings. The van der Waals surface area contributed by atoms with Gasteiger partial charge >= 0.3 is 0 Å². The van der Waals surface area contributed by atoms with Crippen molar-refractivity contribution in [2.45, 2.75) is 26.6 Å². The van der Waals surface area contributed by atoms with Crippen molar-refractivity contribution in [3.63, 3.8) is 0 Å². The largest absolute Gasteiger partial charge is 0.305 e. The lowest BCUT2D eigenvalue weighted by Crippen LogP contribution is -2.16. The number of nitrogens with one attached hydrogen (secondary N) is 1. The van der Waals surface area contributed by atoms with E-state index in [1.54, 1.807) is 17.7 Å². The molecule has 4 nitrogen and oxygen atoms in total. The Balaban J connectivity index is 1.84. The topological polar surface area (TPSA) is 42.7 Å². The Morgan fingerprint density at radius 2 is 2.31 bits per heavy atom. The maximum atomic E-state index is 4.21. The molecular formula is C10H13BrN4S. The second-order valence-corrected chi connectivity index (χ2v) is 5.85. The lowest BCUT2D eigenvalue weighted by atomic mass is 10.4. The normalized spacial score (nSPS) is 10.9. The minimum Gasteiger partial charge on any atom is -0.305 e. The minimum atomic E-state index is 0.753. The minimum absolute atomic E-state index is 0.753. The average molecular weight is 301 g/mol. The van der Waals surface area contributed by atoms with E-state index < -0.39 is 0 Å². The molecule has 0 aromatic carbocycles. The van der Waals surface area contributed by atoms with Crippen LogP contribution in [0.4, 0.5) is 0 Å². The highest BCUT2D eigenvalue weighted by Gasteiger charge is 2.02. The molecule has 0 saturated carbocycles. The summed E-state index contributed by atoms with van der Waals surface area (Å²) in [6, 6.07) is 4.18. The molecule has 0 amide bonds. The van der Waals surface area contributed by atoms with E-state index in [-0.39, 0.29) is 0 Å². The predicted octanol–water partition coefficient (Wildman–Crippen LogP) is 2.41. The summed E-state index contributed by atoms with van der Waals surface area (Å²) in [5.74, 6) is 0.984. The molecule has 0 unspecified atom stereocenters. The zero-order valence-electron chi connectivity index (χ0n) is 8.98. The average Bonchev–Trinajstić information content (AvgIpc) is 2.87. The van der Waals surface area contributed by atoms with Crippen LogP contribution in [0, 0.1) is 0 Å². The van der Waals surface area contributed by atoms with Crippen molar-refractivity contribution in [1.82, 2.24) is 20.1 Å². The number of nitrogens with zero attached hydrogens (tertiary/aromatic N) is 3. The van der Waals surface area contributed by atoms with Gasteiger partial charge in [-0.1, -0.05) is 0 Å². The molecule has 2 heterocycles. The molecule has 86 valence electrons. The van der Waals surface area contributed by atoms with Gasteiger partial charge < -0.3 is 5.32 Å². The summed E-state index contributed by atoms with van der Waals surface area (Å²) in [5.41, 5.74) is 0. The lowest BCUT2D eigenvalue weighted by molar-refractivity contribution is 0.574. The Kier molecular flexibility index (Phi) is 4.09. The Bertz CT molecular complexity index is 451. The van der Waals surface area contributed by atoms with E-state index in [2.05, 4.69) is 50.4 Å². The number of hydrogen-bond acceptors (Lipinski definition) is 4. The Labute approximate surface area is 107 Å². The van der Waals surface area contributed by atoms with Crippen LogP contribution in [0.3, 0.4) is 0 Å². The standard InChI is InChI=1S/C10H13BrN4S/c1-2-15-10(13-7-14-15)6-12-5-8-3-4-9(11)16-8/h3-4,7,12H,2,5-6H2,1H3. The Hall–Kier alpha value is -0.720. The van der Waals surface area contributed by atoms with Crippen LogP contribution in [0.1, 0.15) is 17.6 Å². The maximum Gasteiger partial charge on any atom is 0.140 e. The van der Waals surface area contributed by atoms with Crippen molar-refractivity contribution < 1.29 is 0 Å². The molecule has 2 rings (SSSR count). The molecule has 2 aromatic heterocycles. The molecule has 2 aromatic rings. The van der Waals surface area contributed by atoms with E-state index >= 15 is 0 Å². The molecule has 0 fully saturated rings. The van der Waals surface area contributed by atoms with E-state index in [0.717, 1.165) is 25.5 Å². The van der Waals surface area contributed by atoms with Gasteiger partial charge in [-0.2, -0.15) is 5.10 Å². The monoisotopic (exact) mass is 300 g/mol. The summed E-state index contributed by atoms with van der Waals surface area (Å²) >= 11 is 5.20. The molecule has 0 radical (unpaired) electrons. The zero-order chi connectivity index (χ0) is 11.4. The van der Waals surface area contributed by atoms with Crippen molar-refractivity contribution in [3.05, 3.63) is 32.9 Å². The molecule has 0 atom stereocenters. The fourth-order valence-corrected chi connectivity index (χ4v) is 2.89. The molecule has 0 saturated heterocycles. The summed E-state index contributed by atoms with van der Waals surface area (Å²) in [7, 11) is 0. The SMILES string of the molecule is CCn1ncnc1CNCc1ccc(Br)s1. The first-order valence-electron chi connectivity index (χ1n) is 5.11. The molecule has 1 N–H and O–H groups in total. The fraction of sp³-hybridized carbons (Fsp3) is 0.400. The lowest BCUT2D eigenvalue weighted by Gasteiger charge is -2.03. The van der Waals surface area contributed by atoms with E-state index in [1.165, 1.54) is 8.66 Å². The van der Waals surface area contributed by atoms with Crippen LogP contribution in [0.5, 0.6) is 0 Å². The second-order valence-electron chi connectivity index (χ2n) is 3.30. The van der Waals surface area contributed by atoms with E-state index in [1.807, 2.05) is 4.68 Å². The predicted molar refractivity (Wildman–Crippen MR) is 68.3 cm³/mol. The maximum absolute atomic E-state index is 4.21. The second kappa shape index (κ2) is 5.56. The van der Waals surface area contributed by atoms with Crippen molar-refractivity contribution in [1.29, 1.82) is 0 Å². The summed E-state index contributed by atoms with van der Waals surface area (Å²) in [6.07, 6.45) is 1.60. The third-order valence-electron chi connectivity index (χ3n) is 2.21. The highest BCUT2D eigenvalue weighted by molar-refractivity contribution is 9.11. The number of hydrogen-bond donors (Lipinski definition) is 1. The highest BCUT2D eigenvalue weighted by atomic mass is 79.9. The van der Waals surface area contributed by atoms with E-state index in [9.17, 15) is 0 Å².